The van der Waals surface area contributed by atoms with Crippen LogP contribution >= 0.6 is 11.6 Å². The molecule has 0 aliphatic heterocycles. The minimum absolute atomic E-state index is 0.305. The maximum absolute atomic E-state index is 12.4. The third kappa shape index (κ3) is 4.32. The van der Waals surface area contributed by atoms with Crippen LogP contribution in [0.5, 0.6) is 0 Å². The predicted octanol–water partition coefficient (Wildman–Crippen LogP) is 4.80. The molecule has 2 N–H and O–H groups in total. The second-order valence-corrected chi connectivity index (χ2v) is 6.34. The summed E-state index contributed by atoms with van der Waals surface area (Å²) >= 11 is 6.08. The average Bonchev–Trinajstić information content (AvgIpc) is 2.64. The number of hydrogen-bond acceptors (Lipinski definition) is 4. The van der Waals surface area contributed by atoms with E-state index in [2.05, 4.69) is 15.6 Å². The van der Waals surface area contributed by atoms with Crippen molar-refractivity contribution in [3.63, 3.8) is 0 Å². The van der Waals surface area contributed by atoms with E-state index in [1.807, 2.05) is 61.5 Å². The van der Waals surface area contributed by atoms with Gasteiger partial charge in [0, 0.05) is 37.4 Å². The van der Waals surface area contributed by atoms with Crippen molar-refractivity contribution in [2.24, 2.45) is 0 Å². The first-order valence-electron chi connectivity index (χ1n) is 8.09. The molecule has 3 aromatic rings. The van der Waals surface area contributed by atoms with Gasteiger partial charge >= 0.3 is 0 Å². The summed E-state index contributed by atoms with van der Waals surface area (Å²) in [5, 5.41) is 6.53. The summed E-state index contributed by atoms with van der Waals surface area (Å²) in [5.74, 6) is -0.315. The Morgan fingerprint density at radius 1 is 1.00 bits per heavy atom. The van der Waals surface area contributed by atoms with Crippen molar-refractivity contribution in [2.45, 2.75) is 0 Å². The van der Waals surface area contributed by atoms with Crippen molar-refractivity contribution in [2.75, 3.05) is 29.6 Å². The predicted molar refractivity (Wildman–Crippen MR) is 108 cm³/mol. The van der Waals surface area contributed by atoms with E-state index in [4.69, 9.17) is 11.6 Å². The Morgan fingerprint density at radius 2 is 1.73 bits per heavy atom. The minimum atomic E-state index is -0.315. The number of nitrogens with one attached hydrogen (secondary N) is 2. The summed E-state index contributed by atoms with van der Waals surface area (Å²) in [4.78, 5) is 18.6. The summed E-state index contributed by atoms with van der Waals surface area (Å²) in [5.41, 5.74) is 3.68. The van der Waals surface area contributed by atoms with Gasteiger partial charge in [0.25, 0.3) is 5.91 Å². The maximum Gasteiger partial charge on any atom is 0.274 e. The summed E-state index contributed by atoms with van der Waals surface area (Å²) in [6.45, 7) is 0. The number of halogens is 1. The van der Waals surface area contributed by atoms with Gasteiger partial charge in [0.1, 0.15) is 5.69 Å². The summed E-state index contributed by atoms with van der Waals surface area (Å²) in [6.07, 6.45) is 1.60. The van der Waals surface area contributed by atoms with E-state index in [1.54, 1.807) is 24.4 Å². The average molecular weight is 367 g/mol. The molecule has 0 fully saturated rings. The van der Waals surface area contributed by atoms with Gasteiger partial charge in [-0.3, -0.25) is 9.78 Å². The molecular weight excluding hydrogens is 348 g/mol. The van der Waals surface area contributed by atoms with Gasteiger partial charge in [-0.05, 0) is 48.5 Å². The molecule has 0 saturated carbocycles. The van der Waals surface area contributed by atoms with Gasteiger partial charge in [0.05, 0.1) is 10.7 Å². The normalized spacial score (nSPS) is 10.3. The SMILES string of the molecule is CN(C)c1ccc(Nc2ccnc(C(=O)Nc3ccccc3Cl)c2)cc1. The fraction of sp³-hybridized carbons (Fsp3) is 0.100. The topological polar surface area (TPSA) is 57.3 Å². The highest BCUT2D eigenvalue weighted by Crippen LogP contribution is 2.23. The van der Waals surface area contributed by atoms with Gasteiger partial charge in [-0.15, -0.1) is 0 Å². The Labute approximate surface area is 157 Å². The Bertz CT molecular complexity index is 910. The molecule has 0 spiro atoms. The quantitative estimate of drug-likeness (QED) is 0.681. The molecule has 0 unspecified atom stereocenters. The number of carbonyl (C=O) groups is 1. The zero-order valence-corrected chi connectivity index (χ0v) is 15.3. The smallest absolute Gasteiger partial charge is 0.274 e. The van der Waals surface area contributed by atoms with E-state index in [-0.39, 0.29) is 5.91 Å². The Morgan fingerprint density at radius 3 is 2.42 bits per heavy atom. The first-order valence-corrected chi connectivity index (χ1v) is 8.47. The van der Waals surface area contributed by atoms with Crippen LogP contribution in [0.3, 0.4) is 0 Å². The highest BCUT2D eigenvalue weighted by molar-refractivity contribution is 6.33. The number of para-hydroxylation sites is 1. The number of nitrogens with zero attached hydrogens (tertiary/aromatic N) is 2. The molecule has 1 amide bonds. The highest BCUT2D eigenvalue weighted by atomic mass is 35.5. The summed E-state index contributed by atoms with van der Waals surface area (Å²) in [7, 11) is 3.99. The van der Waals surface area contributed by atoms with Crippen molar-refractivity contribution in [1.82, 2.24) is 4.98 Å². The van der Waals surface area contributed by atoms with Gasteiger partial charge < -0.3 is 15.5 Å². The van der Waals surface area contributed by atoms with Crippen LogP contribution in [0.15, 0.2) is 66.9 Å². The molecule has 1 aromatic heterocycles. The second kappa shape index (κ2) is 7.89. The first-order chi connectivity index (χ1) is 12.5. The first kappa shape index (κ1) is 17.8. The monoisotopic (exact) mass is 366 g/mol. The van der Waals surface area contributed by atoms with Crippen molar-refractivity contribution in [1.29, 1.82) is 0 Å². The van der Waals surface area contributed by atoms with Crippen molar-refractivity contribution >= 4 is 40.3 Å². The van der Waals surface area contributed by atoms with Gasteiger partial charge in [0.2, 0.25) is 0 Å². The van der Waals surface area contributed by atoms with Crippen LogP contribution in [-0.2, 0) is 0 Å². The van der Waals surface area contributed by atoms with E-state index in [0.29, 0.717) is 16.4 Å². The van der Waals surface area contributed by atoms with Crippen LogP contribution < -0.4 is 15.5 Å². The third-order valence-corrected chi connectivity index (χ3v) is 4.12. The molecule has 0 aliphatic rings. The molecule has 0 saturated heterocycles. The molecule has 3 rings (SSSR count). The fourth-order valence-corrected chi connectivity index (χ4v) is 2.57. The number of hydrogen-bond donors (Lipinski definition) is 2. The molecule has 6 heteroatoms. The largest absolute Gasteiger partial charge is 0.378 e. The van der Waals surface area contributed by atoms with Gasteiger partial charge in [-0.25, -0.2) is 0 Å². The molecule has 0 atom stereocenters. The molecule has 5 nitrogen and oxygen atoms in total. The van der Waals surface area contributed by atoms with E-state index in [9.17, 15) is 4.79 Å². The van der Waals surface area contributed by atoms with Crippen LogP contribution in [0, 0.1) is 0 Å². The highest BCUT2D eigenvalue weighted by Gasteiger charge is 2.10. The molecule has 2 aromatic carbocycles. The number of benzene rings is 2. The zero-order valence-electron chi connectivity index (χ0n) is 14.5. The lowest BCUT2D eigenvalue weighted by atomic mass is 10.2. The summed E-state index contributed by atoms with van der Waals surface area (Å²) < 4.78 is 0. The lowest BCUT2D eigenvalue weighted by molar-refractivity contribution is 0.102. The Hall–Kier alpha value is -3.05. The second-order valence-electron chi connectivity index (χ2n) is 5.93. The number of aromatic nitrogens is 1. The third-order valence-electron chi connectivity index (χ3n) is 3.79. The van der Waals surface area contributed by atoms with Crippen LogP contribution in [0.1, 0.15) is 10.5 Å². The zero-order chi connectivity index (χ0) is 18.5. The maximum atomic E-state index is 12.4. The van der Waals surface area contributed by atoms with E-state index < -0.39 is 0 Å². The lowest BCUT2D eigenvalue weighted by Gasteiger charge is -2.13. The molecule has 26 heavy (non-hydrogen) atoms. The molecule has 0 bridgehead atoms. The number of pyridine rings is 1. The molecule has 132 valence electrons. The molecular formula is C20H19ClN4O. The lowest BCUT2D eigenvalue weighted by Crippen LogP contribution is -2.14. The van der Waals surface area contributed by atoms with Crippen molar-refractivity contribution < 1.29 is 4.79 Å². The van der Waals surface area contributed by atoms with Gasteiger partial charge in [0.15, 0.2) is 0 Å². The van der Waals surface area contributed by atoms with Crippen molar-refractivity contribution in [3.8, 4) is 0 Å². The van der Waals surface area contributed by atoms with Gasteiger partial charge in [-0.2, -0.15) is 0 Å². The number of amides is 1. The summed E-state index contributed by atoms with van der Waals surface area (Å²) in [6, 6.07) is 18.6. The Kier molecular flexibility index (Phi) is 5.39. The standard InChI is InChI=1S/C20H19ClN4O/c1-25(2)16-9-7-14(8-10-16)23-15-11-12-22-19(13-15)20(26)24-18-6-4-3-5-17(18)21/h3-13H,1-2H3,(H,22,23)(H,24,26). The van der Waals surface area contributed by atoms with Crippen LogP contribution in [0.25, 0.3) is 0 Å². The molecule has 0 aliphatic carbocycles. The van der Waals surface area contributed by atoms with E-state index >= 15 is 0 Å². The van der Waals surface area contributed by atoms with E-state index in [0.717, 1.165) is 17.1 Å². The van der Waals surface area contributed by atoms with Gasteiger partial charge in [-0.1, -0.05) is 23.7 Å². The van der Waals surface area contributed by atoms with Crippen LogP contribution in [0.4, 0.5) is 22.7 Å². The number of anilines is 4. The molecule has 0 radical (unpaired) electrons. The van der Waals surface area contributed by atoms with Crippen LogP contribution in [0.2, 0.25) is 5.02 Å². The number of carbonyl (C=O) groups excluding carboxylic acids is 1. The fourth-order valence-electron chi connectivity index (χ4n) is 2.39. The minimum Gasteiger partial charge on any atom is -0.378 e. The van der Waals surface area contributed by atoms with E-state index in [1.165, 1.54) is 0 Å². The van der Waals surface area contributed by atoms with Crippen LogP contribution in [-0.4, -0.2) is 25.0 Å². The Balaban J connectivity index is 1.73. The number of rotatable bonds is 5. The van der Waals surface area contributed by atoms with Crippen molar-refractivity contribution in [3.05, 3.63) is 77.6 Å². The molecule has 1 heterocycles.